The van der Waals surface area contributed by atoms with Crippen LogP contribution >= 0.6 is 0 Å². The van der Waals surface area contributed by atoms with Crippen LogP contribution in [-0.2, 0) is 21.4 Å². The maximum absolute atomic E-state index is 9.94. The highest BCUT2D eigenvalue weighted by molar-refractivity contribution is 5.83. The number of hydrogen-bond acceptors (Lipinski definition) is 6. The van der Waals surface area contributed by atoms with Gasteiger partial charge < -0.3 is 30.4 Å². The third kappa shape index (κ3) is 3.97. The second-order valence-corrected chi connectivity index (χ2v) is 8.18. The van der Waals surface area contributed by atoms with Crippen LogP contribution in [0.5, 0.6) is 5.75 Å². The van der Waals surface area contributed by atoms with Crippen LogP contribution in [-0.4, -0.2) is 74.2 Å². The first-order chi connectivity index (χ1) is 14.6. The molecule has 1 aromatic carbocycles. The summed E-state index contributed by atoms with van der Waals surface area (Å²) in [6.45, 7) is 0.00193. The first kappa shape index (κ1) is 18.8. The number of benzene rings is 1. The lowest BCUT2D eigenvalue weighted by Crippen LogP contribution is -2.59. The molecule has 0 unspecified atom stereocenters. The van der Waals surface area contributed by atoms with Crippen molar-refractivity contribution in [2.24, 2.45) is 5.92 Å². The second kappa shape index (κ2) is 8.30. The zero-order chi connectivity index (χ0) is 22.9. The highest BCUT2D eigenvalue weighted by atomic mass is 16.4. The average molecular weight is 413 g/mol. The molecule has 4 rings (SSSR count). The minimum atomic E-state index is -2.27. The molecule has 3 aliphatic rings. The van der Waals surface area contributed by atoms with Crippen molar-refractivity contribution in [1.29, 1.82) is 0 Å². The quantitative estimate of drug-likeness (QED) is 0.466. The fraction of sp³-hybridized carbons (Fsp3) is 0.619. The van der Waals surface area contributed by atoms with E-state index in [1.54, 1.807) is 6.07 Å². The Morgan fingerprint density at radius 1 is 1.21 bits per heavy atom. The minimum Gasteiger partial charge on any atom is -0.508 e. The molecule has 1 aliphatic heterocycles. The van der Waals surface area contributed by atoms with Gasteiger partial charge in [-0.05, 0) is 68.4 Å². The summed E-state index contributed by atoms with van der Waals surface area (Å²) in [5.74, 6) is -2.59. The second-order valence-electron chi connectivity index (χ2n) is 8.18. The van der Waals surface area contributed by atoms with Crippen LogP contribution in [0.1, 0.15) is 47.4 Å². The molecule has 5 N–H and O–H groups in total. The van der Waals surface area contributed by atoms with Crippen molar-refractivity contribution in [1.82, 2.24) is 4.90 Å². The summed E-state index contributed by atoms with van der Waals surface area (Å²) in [5.41, 5.74) is 2.90. The molecule has 2 fully saturated rings. The van der Waals surface area contributed by atoms with E-state index < -0.39 is 31.1 Å². The molecule has 1 heterocycles. The topological polar surface area (TPSA) is 139 Å². The highest BCUT2D eigenvalue weighted by Gasteiger charge is 2.53. The molecule has 1 saturated heterocycles. The Bertz CT molecular complexity index is 822. The van der Waals surface area contributed by atoms with E-state index in [-0.39, 0.29) is 6.84 Å². The van der Waals surface area contributed by atoms with E-state index in [0.29, 0.717) is 17.7 Å². The normalized spacial score (nSPS) is 31.1. The van der Waals surface area contributed by atoms with Crippen molar-refractivity contribution >= 4 is 11.9 Å². The van der Waals surface area contributed by atoms with Gasteiger partial charge in [-0.2, -0.15) is 0 Å². The number of fused-ring (bicyclic) bond motifs is 1. The van der Waals surface area contributed by atoms with E-state index >= 15 is 0 Å². The summed E-state index contributed by atoms with van der Waals surface area (Å²) in [7, 11) is 0. The van der Waals surface area contributed by atoms with Crippen LogP contribution in [0, 0.1) is 5.92 Å². The maximum atomic E-state index is 9.94. The minimum absolute atomic E-state index is 0. The molecule has 8 nitrogen and oxygen atoms in total. The number of aliphatic carboxylic acids is 2. The molecular formula is C21H31NO7. The number of carboxylic acid groups (broad SMARTS) is 2. The van der Waals surface area contributed by atoms with Crippen molar-refractivity contribution < 1.29 is 39.3 Å². The van der Waals surface area contributed by atoms with Gasteiger partial charge in [0.25, 0.3) is 0 Å². The SMILES string of the molecule is O=C(O)[C@H](O)[C@@H](O)C(=O)O.[2HH].[2H][13CH]([2H])N1CC[C@@]23CCCC[C@@H]2[C@@H]1Cc1ccc(O)cc13. The lowest BCUT2D eigenvalue weighted by atomic mass is 9.52. The van der Waals surface area contributed by atoms with E-state index in [9.17, 15) is 14.7 Å². The number of piperidine rings is 1. The monoisotopic (exact) mass is 413 g/mol. The summed E-state index contributed by atoms with van der Waals surface area (Å²) < 4.78 is 15.7. The van der Waals surface area contributed by atoms with Gasteiger partial charge in [-0.1, -0.05) is 18.9 Å². The fourth-order valence-corrected chi connectivity index (χ4v) is 5.29. The largest absolute Gasteiger partial charge is 0.508 e. The van der Waals surface area contributed by atoms with Gasteiger partial charge in [0.05, 0.1) is 0 Å². The Labute approximate surface area is 173 Å². The van der Waals surface area contributed by atoms with Gasteiger partial charge in [0, 0.05) is 15.6 Å². The molecule has 0 radical (unpaired) electrons. The van der Waals surface area contributed by atoms with Gasteiger partial charge >= 0.3 is 11.9 Å². The number of likely N-dealkylation sites (tertiary alicyclic amines) is 1. The lowest BCUT2D eigenvalue weighted by molar-refractivity contribution is -0.165. The first-order valence-electron chi connectivity index (χ1n) is 11.0. The van der Waals surface area contributed by atoms with Crippen molar-refractivity contribution in [2.45, 2.75) is 62.2 Å². The summed E-state index contributed by atoms with van der Waals surface area (Å²) in [4.78, 5) is 21.6. The maximum Gasteiger partial charge on any atom is 0.335 e. The predicted octanol–water partition coefficient (Wildman–Crippen LogP) is 1.20. The van der Waals surface area contributed by atoms with Crippen molar-refractivity contribution in [3.8, 4) is 5.75 Å². The number of aliphatic hydroxyl groups is 2. The van der Waals surface area contributed by atoms with Crippen LogP contribution in [0.2, 0.25) is 0 Å². The Hall–Kier alpha value is -2.16. The average Bonchev–Trinajstić information content (AvgIpc) is 2.73. The van der Waals surface area contributed by atoms with Gasteiger partial charge in [-0.15, -0.1) is 0 Å². The summed E-state index contributed by atoms with van der Waals surface area (Å²) >= 11 is 0. The number of likely N-dealkylation sites (N-methyl/N-ethyl adjacent to an activating group) is 1. The van der Waals surface area contributed by atoms with E-state index in [1.807, 2.05) is 6.07 Å². The van der Waals surface area contributed by atoms with Gasteiger partial charge in [-0.3, -0.25) is 0 Å². The molecule has 5 atom stereocenters. The molecule has 29 heavy (non-hydrogen) atoms. The van der Waals surface area contributed by atoms with Gasteiger partial charge in [0.1, 0.15) is 5.75 Å². The number of carbonyl (C=O) groups is 2. The molecule has 0 aromatic heterocycles. The third-order valence-corrected chi connectivity index (χ3v) is 6.67. The number of carboxylic acids is 2. The molecule has 1 aromatic rings. The zero-order valence-electron chi connectivity index (χ0n) is 18.1. The van der Waals surface area contributed by atoms with Crippen LogP contribution in [0.25, 0.3) is 0 Å². The van der Waals surface area contributed by atoms with Gasteiger partial charge in [0.15, 0.2) is 12.2 Å². The molecule has 0 amide bonds. The van der Waals surface area contributed by atoms with Crippen molar-refractivity contribution in [2.75, 3.05) is 13.5 Å². The Morgan fingerprint density at radius 2 is 1.90 bits per heavy atom. The predicted molar refractivity (Wildman–Crippen MR) is 106 cm³/mol. The van der Waals surface area contributed by atoms with Crippen LogP contribution in [0.3, 0.4) is 0 Å². The number of hydrogen-bond donors (Lipinski definition) is 5. The van der Waals surface area contributed by atoms with Gasteiger partial charge in [-0.25, -0.2) is 9.59 Å². The third-order valence-electron chi connectivity index (χ3n) is 6.67. The molecule has 2 aliphatic carbocycles. The number of rotatable bonds is 3. The number of aliphatic hydroxyl groups excluding tert-OH is 2. The fourth-order valence-electron chi connectivity index (χ4n) is 5.29. The van der Waals surface area contributed by atoms with E-state index in [2.05, 4.69) is 11.0 Å². The number of phenols is 1. The van der Waals surface area contributed by atoms with E-state index in [4.69, 9.17) is 23.2 Å². The molecule has 0 spiro atoms. The van der Waals surface area contributed by atoms with Crippen LogP contribution in [0.4, 0.5) is 0 Å². The Morgan fingerprint density at radius 3 is 2.52 bits per heavy atom. The zero-order valence-corrected chi connectivity index (χ0v) is 16.1. The van der Waals surface area contributed by atoms with Crippen molar-refractivity contribution in [3.05, 3.63) is 29.3 Å². The summed E-state index contributed by atoms with van der Waals surface area (Å²) in [6, 6.07) is 6.20. The molecule has 8 heteroatoms. The summed E-state index contributed by atoms with van der Waals surface area (Å²) in [5, 5.41) is 42.5. The van der Waals surface area contributed by atoms with Crippen LogP contribution < -0.4 is 0 Å². The number of aromatic hydroxyl groups is 1. The highest BCUT2D eigenvalue weighted by Crippen LogP contribution is 2.55. The Kier molecular flexibility index (Phi) is 5.39. The van der Waals surface area contributed by atoms with E-state index in [0.717, 1.165) is 19.4 Å². The number of nitrogens with zero attached hydrogens (tertiary/aromatic N) is 1. The molecule has 2 bridgehead atoms. The van der Waals surface area contributed by atoms with Crippen molar-refractivity contribution in [3.63, 3.8) is 0 Å². The van der Waals surface area contributed by atoms with Crippen LogP contribution in [0.15, 0.2) is 18.2 Å². The number of phenolic OH excluding ortho intramolecular Hbond substituents is 1. The molecule has 162 valence electrons. The first-order valence-corrected chi connectivity index (χ1v) is 9.83. The summed E-state index contributed by atoms with van der Waals surface area (Å²) in [6.07, 6.45) is 2.40. The molecular weight excluding hydrogens is 379 g/mol. The standard InChI is InChI=1S/C17H23NO.C4H6O6.H2/c1-18-9-8-17-7-3-2-4-14(17)16(18)10-12-5-6-13(19)11-15(12)17;5-1(3(7)8)2(6)4(9)10;/h5-6,11,14,16,19H,2-4,7-10H2,1H3;1-2,5-6H,(H,7,8)(H,9,10);1H/t14-,16+,17+;1-,2-;/m11./s1/i1+1D2;;1+1. The smallest absolute Gasteiger partial charge is 0.335 e. The Balaban J connectivity index is 0.000000285. The lowest BCUT2D eigenvalue weighted by Gasteiger charge is -2.58. The van der Waals surface area contributed by atoms with E-state index in [1.165, 1.54) is 36.8 Å². The van der Waals surface area contributed by atoms with Gasteiger partial charge in [0.2, 0.25) is 0 Å². The molecule has 1 saturated carbocycles.